The number of alkyl halides is 1. The zero-order valence-electron chi connectivity index (χ0n) is 8.52. The maximum Gasteiger partial charge on any atom is 0.326 e. The van der Waals surface area contributed by atoms with E-state index in [0.717, 1.165) is 11.5 Å². The highest BCUT2D eigenvalue weighted by atomic mass is 79.9. The van der Waals surface area contributed by atoms with Crippen LogP contribution in [0.1, 0.15) is 6.42 Å². The Balaban J connectivity index is 2.17. The summed E-state index contributed by atoms with van der Waals surface area (Å²) in [5.74, 6) is 1.08. The molecular formula is C9H12BrNO3S2. The van der Waals surface area contributed by atoms with Crippen LogP contribution in [0.3, 0.4) is 0 Å². The van der Waals surface area contributed by atoms with E-state index in [9.17, 15) is 9.59 Å². The number of amides is 1. The van der Waals surface area contributed by atoms with Gasteiger partial charge in [-0.05, 0) is 0 Å². The summed E-state index contributed by atoms with van der Waals surface area (Å²) in [5.41, 5.74) is 0. The van der Waals surface area contributed by atoms with Crippen molar-refractivity contribution in [2.45, 2.75) is 16.5 Å². The van der Waals surface area contributed by atoms with Gasteiger partial charge < -0.3 is 10.0 Å². The molecule has 90 valence electrons. The maximum absolute atomic E-state index is 11.7. The van der Waals surface area contributed by atoms with Crippen molar-refractivity contribution in [3.63, 3.8) is 0 Å². The minimum atomic E-state index is -0.890. The molecule has 7 heteroatoms. The quantitative estimate of drug-likeness (QED) is 0.774. The molecule has 0 aromatic heterocycles. The van der Waals surface area contributed by atoms with Gasteiger partial charge in [0.2, 0.25) is 5.91 Å². The Labute approximate surface area is 111 Å². The van der Waals surface area contributed by atoms with E-state index in [4.69, 9.17) is 5.11 Å². The second-order valence-corrected chi connectivity index (χ2v) is 7.60. The van der Waals surface area contributed by atoms with E-state index in [1.165, 1.54) is 4.90 Å². The summed E-state index contributed by atoms with van der Waals surface area (Å²) in [6, 6.07) is -0.650. The molecule has 0 aromatic rings. The lowest BCUT2D eigenvalue weighted by atomic mass is 10.2. The van der Waals surface area contributed by atoms with Gasteiger partial charge in [0.05, 0.1) is 9.41 Å². The molecule has 16 heavy (non-hydrogen) atoms. The highest BCUT2D eigenvalue weighted by Gasteiger charge is 2.50. The second kappa shape index (κ2) is 4.78. The molecule has 1 spiro atoms. The second-order valence-electron chi connectivity index (χ2n) is 3.82. The van der Waals surface area contributed by atoms with Gasteiger partial charge in [-0.2, -0.15) is 0 Å². The normalized spacial score (nSPS) is 27.6. The van der Waals surface area contributed by atoms with E-state index < -0.39 is 12.0 Å². The molecule has 0 radical (unpaired) electrons. The number of carboxylic acids is 1. The standard InChI is InChI=1S/C9H12BrNO3S2/c10-4-7(12)11-5-9(15-1-2-16-9)3-6(11)8(13)14/h6H,1-5H2,(H,13,14). The van der Waals surface area contributed by atoms with Crippen molar-refractivity contribution in [1.82, 2.24) is 4.90 Å². The molecule has 2 aliphatic heterocycles. The van der Waals surface area contributed by atoms with Gasteiger partial charge in [-0.25, -0.2) is 4.79 Å². The van der Waals surface area contributed by atoms with E-state index in [2.05, 4.69) is 15.9 Å². The molecule has 0 bridgehead atoms. The highest BCUT2D eigenvalue weighted by Crippen LogP contribution is 2.51. The third kappa shape index (κ3) is 2.22. The Kier molecular flexibility index (Phi) is 3.75. The molecular weight excluding hydrogens is 314 g/mol. The van der Waals surface area contributed by atoms with Crippen molar-refractivity contribution in [2.75, 3.05) is 23.4 Å². The SMILES string of the molecule is O=C(O)C1CC2(CN1C(=O)CBr)SCCS2. The minimum Gasteiger partial charge on any atom is -0.480 e. The summed E-state index contributed by atoms with van der Waals surface area (Å²) in [6.45, 7) is 0.559. The molecule has 2 aliphatic rings. The summed E-state index contributed by atoms with van der Waals surface area (Å²) in [4.78, 5) is 24.3. The fourth-order valence-corrected chi connectivity index (χ4v) is 5.68. The van der Waals surface area contributed by atoms with E-state index in [1.54, 1.807) is 23.5 Å². The smallest absolute Gasteiger partial charge is 0.326 e. The molecule has 0 saturated carbocycles. The number of rotatable bonds is 2. The number of carbonyl (C=O) groups excluding carboxylic acids is 1. The fraction of sp³-hybridized carbons (Fsp3) is 0.778. The molecule has 1 N–H and O–H groups in total. The van der Waals surface area contributed by atoms with Crippen LogP contribution in [0.25, 0.3) is 0 Å². The van der Waals surface area contributed by atoms with Gasteiger partial charge in [0.1, 0.15) is 6.04 Å². The van der Waals surface area contributed by atoms with E-state index in [0.29, 0.717) is 13.0 Å². The van der Waals surface area contributed by atoms with Crippen LogP contribution in [0.4, 0.5) is 0 Å². The van der Waals surface area contributed by atoms with Crippen LogP contribution in [0.15, 0.2) is 0 Å². The van der Waals surface area contributed by atoms with Crippen molar-refractivity contribution in [2.24, 2.45) is 0 Å². The van der Waals surface area contributed by atoms with Crippen LogP contribution in [0.5, 0.6) is 0 Å². The number of carboxylic acid groups (broad SMARTS) is 1. The lowest BCUT2D eigenvalue weighted by Gasteiger charge is -2.22. The molecule has 1 amide bonds. The van der Waals surface area contributed by atoms with E-state index >= 15 is 0 Å². The Morgan fingerprint density at radius 2 is 2.06 bits per heavy atom. The van der Waals surface area contributed by atoms with Crippen molar-refractivity contribution in [3.8, 4) is 0 Å². The number of halogens is 1. The van der Waals surface area contributed by atoms with Crippen LogP contribution >= 0.6 is 39.5 Å². The van der Waals surface area contributed by atoms with Crippen molar-refractivity contribution < 1.29 is 14.7 Å². The molecule has 0 aliphatic carbocycles. The fourth-order valence-electron chi connectivity index (χ4n) is 2.10. The molecule has 0 aromatic carbocycles. The van der Waals surface area contributed by atoms with E-state index in [1.807, 2.05) is 0 Å². The van der Waals surface area contributed by atoms with Crippen LogP contribution in [-0.2, 0) is 9.59 Å². The first kappa shape index (κ1) is 12.6. The summed E-state index contributed by atoms with van der Waals surface area (Å²) >= 11 is 6.69. The lowest BCUT2D eigenvalue weighted by molar-refractivity contribution is -0.147. The molecule has 1 unspecified atom stereocenters. The Morgan fingerprint density at radius 3 is 2.56 bits per heavy atom. The van der Waals surface area contributed by atoms with Gasteiger partial charge in [0.25, 0.3) is 0 Å². The van der Waals surface area contributed by atoms with Crippen LogP contribution in [-0.4, -0.2) is 55.4 Å². The van der Waals surface area contributed by atoms with Crippen molar-refractivity contribution >= 4 is 51.3 Å². The summed E-state index contributed by atoms with van der Waals surface area (Å²) < 4.78 is -0.0686. The Hall–Kier alpha value is 0.120. The van der Waals surface area contributed by atoms with Crippen LogP contribution in [0.2, 0.25) is 0 Å². The predicted molar refractivity (Wildman–Crippen MR) is 69.2 cm³/mol. The van der Waals surface area contributed by atoms with Gasteiger partial charge in [-0.1, -0.05) is 15.9 Å². The molecule has 2 saturated heterocycles. The molecule has 4 nitrogen and oxygen atoms in total. The molecule has 2 fully saturated rings. The number of likely N-dealkylation sites (tertiary alicyclic amines) is 1. The zero-order valence-corrected chi connectivity index (χ0v) is 11.7. The van der Waals surface area contributed by atoms with Gasteiger partial charge in [-0.3, -0.25) is 4.79 Å². The van der Waals surface area contributed by atoms with Crippen LogP contribution < -0.4 is 0 Å². The number of carbonyl (C=O) groups is 2. The minimum absolute atomic E-state index is 0.0686. The number of thioether (sulfide) groups is 2. The Morgan fingerprint density at radius 1 is 1.44 bits per heavy atom. The third-order valence-corrected chi connectivity index (χ3v) is 6.73. The first-order chi connectivity index (χ1) is 7.58. The largest absolute Gasteiger partial charge is 0.480 e. The average Bonchev–Trinajstić information content (AvgIpc) is 2.86. The molecule has 1 atom stereocenters. The first-order valence-corrected chi connectivity index (χ1v) is 8.03. The van der Waals surface area contributed by atoms with Crippen molar-refractivity contribution in [3.05, 3.63) is 0 Å². The topological polar surface area (TPSA) is 57.6 Å². The monoisotopic (exact) mass is 325 g/mol. The van der Waals surface area contributed by atoms with Gasteiger partial charge in [0, 0.05) is 24.5 Å². The lowest BCUT2D eigenvalue weighted by Crippen LogP contribution is -2.41. The average molecular weight is 326 g/mol. The van der Waals surface area contributed by atoms with Crippen LogP contribution in [0, 0.1) is 0 Å². The van der Waals surface area contributed by atoms with Gasteiger partial charge in [-0.15, -0.1) is 23.5 Å². The van der Waals surface area contributed by atoms with E-state index in [-0.39, 0.29) is 15.3 Å². The first-order valence-electron chi connectivity index (χ1n) is 4.94. The Bertz CT molecular complexity index is 320. The number of hydrogen-bond acceptors (Lipinski definition) is 4. The molecule has 2 heterocycles. The van der Waals surface area contributed by atoms with Gasteiger partial charge >= 0.3 is 5.97 Å². The van der Waals surface area contributed by atoms with Crippen molar-refractivity contribution in [1.29, 1.82) is 0 Å². The third-order valence-electron chi connectivity index (χ3n) is 2.83. The zero-order chi connectivity index (χ0) is 11.8. The molecule has 2 rings (SSSR count). The summed E-state index contributed by atoms with van der Waals surface area (Å²) in [6.07, 6.45) is 0.566. The van der Waals surface area contributed by atoms with Gasteiger partial charge in [0.15, 0.2) is 0 Å². The number of aliphatic carboxylic acids is 1. The summed E-state index contributed by atoms with van der Waals surface area (Å²) in [5, 5.41) is 9.34. The number of hydrogen-bond donors (Lipinski definition) is 1. The predicted octanol–water partition coefficient (Wildman–Crippen LogP) is 1.24. The number of nitrogens with zero attached hydrogens (tertiary/aromatic N) is 1. The maximum atomic E-state index is 11.7. The highest BCUT2D eigenvalue weighted by molar-refractivity contribution is 9.09. The summed E-state index contributed by atoms with van der Waals surface area (Å²) in [7, 11) is 0.